The van der Waals surface area contributed by atoms with Crippen LogP contribution < -0.4 is 4.90 Å². The predicted molar refractivity (Wildman–Crippen MR) is 63.5 cm³/mol. The number of carbonyl (C=O) groups is 2. The molecule has 0 spiro atoms. The van der Waals surface area contributed by atoms with Crippen molar-refractivity contribution >= 4 is 17.7 Å². The number of ether oxygens (including phenoxy) is 1. The molecule has 0 bridgehead atoms. The normalized spacial score (nSPS) is 9.76. The predicted octanol–water partition coefficient (Wildman–Crippen LogP) is 1.39. The van der Waals surface area contributed by atoms with Gasteiger partial charge >= 0.3 is 5.97 Å². The maximum absolute atomic E-state index is 11.4. The highest BCUT2D eigenvalue weighted by Gasteiger charge is 2.14. The number of hydrogen-bond donors (Lipinski definition) is 0. The van der Waals surface area contributed by atoms with Crippen LogP contribution in [0, 0.1) is 0 Å². The van der Waals surface area contributed by atoms with Gasteiger partial charge in [-0.1, -0.05) is 6.07 Å². The summed E-state index contributed by atoms with van der Waals surface area (Å²) in [5, 5.41) is 0. The van der Waals surface area contributed by atoms with Crippen molar-refractivity contribution in [2.24, 2.45) is 0 Å². The van der Waals surface area contributed by atoms with E-state index in [1.165, 1.54) is 11.8 Å². The summed E-state index contributed by atoms with van der Waals surface area (Å²) in [6.07, 6.45) is 1.78. The Labute approximate surface area is 100 Å². The second kappa shape index (κ2) is 6.62. The molecule has 0 aromatic carbocycles. The van der Waals surface area contributed by atoms with Crippen molar-refractivity contribution in [2.75, 3.05) is 18.1 Å². The van der Waals surface area contributed by atoms with E-state index in [9.17, 15) is 9.59 Å². The topological polar surface area (TPSA) is 59.5 Å². The standard InChI is InChI=1S/C12H16N2O3/c1-3-17-12(16)7-9-14(10(2)15)11-6-4-5-8-13-11/h4-6,8H,3,7,9H2,1-2H3. The van der Waals surface area contributed by atoms with Gasteiger partial charge in [0.25, 0.3) is 0 Å². The van der Waals surface area contributed by atoms with E-state index in [0.29, 0.717) is 12.4 Å². The fraction of sp³-hybridized carbons (Fsp3) is 0.417. The van der Waals surface area contributed by atoms with Crippen LogP contribution in [-0.4, -0.2) is 30.0 Å². The van der Waals surface area contributed by atoms with Gasteiger partial charge in [0, 0.05) is 19.7 Å². The second-order valence-electron chi connectivity index (χ2n) is 3.41. The zero-order chi connectivity index (χ0) is 12.7. The van der Waals surface area contributed by atoms with Crippen molar-refractivity contribution in [1.29, 1.82) is 0 Å². The van der Waals surface area contributed by atoms with E-state index in [2.05, 4.69) is 4.98 Å². The molecule has 5 nitrogen and oxygen atoms in total. The molecule has 0 saturated carbocycles. The summed E-state index contributed by atoms with van der Waals surface area (Å²) in [7, 11) is 0. The number of pyridine rings is 1. The summed E-state index contributed by atoms with van der Waals surface area (Å²) in [5.41, 5.74) is 0. The molecule has 5 heteroatoms. The van der Waals surface area contributed by atoms with E-state index >= 15 is 0 Å². The summed E-state index contributed by atoms with van der Waals surface area (Å²) in [4.78, 5) is 28.2. The van der Waals surface area contributed by atoms with Gasteiger partial charge in [-0.15, -0.1) is 0 Å². The van der Waals surface area contributed by atoms with E-state index in [1.54, 1.807) is 31.3 Å². The minimum atomic E-state index is -0.310. The van der Waals surface area contributed by atoms with Crippen molar-refractivity contribution in [3.63, 3.8) is 0 Å². The molecule has 1 rings (SSSR count). The lowest BCUT2D eigenvalue weighted by molar-refractivity contribution is -0.142. The van der Waals surface area contributed by atoms with Crippen LogP contribution in [0.4, 0.5) is 5.82 Å². The first kappa shape index (κ1) is 13.2. The Bertz CT molecular complexity index is 379. The molecular formula is C12H16N2O3. The van der Waals surface area contributed by atoms with Crippen LogP contribution in [0.2, 0.25) is 0 Å². The van der Waals surface area contributed by atoms with E-state index in [1.807, 2.05) is 0 Å². The molecule has 1 aromatic heterocycles. The summed E-state index contributed by atoms with van der Waals surface area (Å²) in [6.45, 7) is 3.83. The zero-order valence-corrected chi connectivity index (χ0v) is 10.0. The molecule has 92 valence electrons. The molecule has 1 amide bonds. The van der Waals surface area contributed by atoms with Crippen LogP contribution in [0.15, 0.2) is 24.4 Å². The molecule has 1 aromatic rings. The molecule has 1 heterocycles. The van der Waals surface area contributed by atoms with Gasteiger partial charge in [0.1, 0.15) is 5.82 Å². The number of aromatic nitrogens is 1. The summed E-state index contributed by atoms with van der Waals surface area (Å²) in [6, 6.07) is 5.29. The highest BCUT2D eigenvalue weighted by atomic mass is 16.5. The largest absolute Gasteiger partial charge is 0.466 e. The van der Waals surface area contributed by atoms with E-state index in [4.69, 9.17) is 4.74 Å². The monoisotopic (exact) mass is 236 g/mol. The molecule has 0 aliphatic carbocycles. The van der Waals surface area contributed by atoms with Gasteiger partial charge in [-0.25, -0.2) is 4.98 Å². The average molecular weight is 236 g/mol. The first-order chi connectivity index (χ1) is 8.15. The zero-order valence-electron chi connectivity index (χ0n) is 10.0. The summed E-state index contributed by atoms with van der Waals surface area (Å²) >= 11 is 0. The van der Waals surface area contributed by atoms with Crippen molar-refractivity contribution in [1.82, 2.24) is 4.98 Å². The summed E-state index contributed by atoms with van der Waals surface area (Å²) < 4.78 is 4.81. The number of esters is 1. The quantitative estimate of drug-likeness (QED) is 0.725. The van der Waals surface area contributed by atoms with Crippen molar-refractivity contribution in [3.8, 4) is 0 Å². The van der Waals surface area contributed by atoms with Crippen LogP contribution in [0.25, 0.3) is 0 Å². The molecule has 0 unspecified atom stereocenters. The highest BCUT2D eigenvalue weighted by molar-refractivity contribution is 5.90. The molecule has 0 saturated heterocycles. The molecule has 0 N–H and O–H groups in total. The van der Waals surface area contributed by atoms with Gasteiger partial charge in [-0.2, -0.15) is 0 Å². The minimum Gasteiger partial charge on any atom is -0.466 e. The lowest BCUT2D eigenvalue weighted by Crippen LogP contribution is -2.31. The molecule has 0 aliphatic heterocycles. The van der Waals surface area contributed by atoms with Crippen LogP contribution in [0.5, 0.6) is 0 Å². The second-order valence-corrected chi connectivity index (χ2v) is 3.41. The maximum Gasteiger partial charge on any atom is 0.307 e. The van der Waals surface area contributed by atoms with E-state index in [0.717, 1.165) is 0 Å². The molecule has 0 radical (unpaired) electrons. The van der Waals surface area contributed by atoms with Crippen molar-refractivity contribution in [3.05, 3.63) is 24.4 Å². The van der Waals surface area contributed by atoms with Crippen LogP contribution >= 0.6 is 0 Å². The number of amides is 1. The Morgan fingerprint density at radius 1 is 1.41 bits per heavy atom. The Hall–Kier alpha value is -1.91. The minimum absolute atomic E-state index is 0.145. The third kappa shape index (κ3) is 4.22. The number of anilines is 1. The molecule has 0 aliphatic rings. The molecule has 0 fully saturated rings. The Morgan fingerprint density at radius 2 is 2.18 bits per heavy atom. The van der Waals surface area contributed by atoms with Crippen molar-refractivity contribution < 1.29 is 14.3 Å². The van der Waals surface area contributed by atoms with E-state index in [-0.39, 0.29) is 24.8 Å². The Kier molecular flexibility index (Phi) is 5.13. The fourth-order valence-corrected chi connectivity index (χ4v) is 1.38. The van der Waals surface area contributed by atoms with E-state index < -0.39 is 0 Å². The van der Waals surface area contributed by atoms with Crippen LogP contribution in [0.3, 0.4) is 0 Å². The highest BCUT2D eigenvalue weighted by Crippen LogP contribution is 2.10. The third-order valence-electron chi connectivity index (χ3n) is 2.15. The van der Waals surface area contributed by atoms with Gasteiger partial charge in [0.05, 0.1) is 13.0 Å². The SMILES string of the molecule is CCOC(=O)CCN(C(C)=O)c1ccccn1. The van der Waals surface area contributed by atoms with Crippen LogP contribution in [0.1, 0.15) is 20.3 Å². The molecule has 0 atom stereocenters. The fourth-order valence-electron chi connectivity index (χ4n) is 1.38. The van der Waals surface area contributed by atoms with Crippen molar-refractivity contribution in [2.45, 2.75) is 20.3 Å². The maximum atomic E-state index is 11.4. The number of nitrogens with zero attached hydrogens (tertiary/aromatic N) is 2. The molecule has 17 heavy (non-hydrogen) atoms. The first-order valence-electron chi connectivity index (χ1n) is 5.50. The molecular weight excluding hydrogens is 220 g/mol. The average Bonchev–Trinajstić information content (AvgIpc) is 2.30. The Balaban J connectivity index is 2.62. The lowest BCUT2D eigenvalue weighted by Gasteiger charge is -2.19. The third-order valence-corrected chi connectivity index (χ3v) is 2.15. The summed E-state index contributed by atoms with van der Waals surface area (Å²) in [5.74, 6) is 0.0898. The van der Waals surface area contributed by atoms with Crippen LogP contribution in [-0.2, 0) is 14.3 Å². The lowest BCUT2D eigenvalue weighted by atomic mass is 10.3. The smallest absolute Gasteiger partial charge is 0.307 e. The van der Waals surface area contributed by atoms with Gasteiger partial charge in [-0.05, 0) is 19.1 Å². The van der Waals surface area contributed by atoms with Gasteiger partial charge in [0.15, 0.2) is 0 Å². The van der Waals surface area contributed by atoms with Gasteiger partial charge < -0.3 is 4.74 Å². The number of hydrogen-bond acceptors (Lipinski definition) is 4. The number of carbonyl (C=O) groups excluding carboxylic acids is 2. The van der Waals surface area contributed by atoms with Gasteiger partial charge in [-0.3, -0.25) is 14.5 Å². The number of rotatable bonds is 5. The first-order valence-corrected chi connectivity index (χ1v) is 5.50. The van der Waals surface area contributed by atoms with Gasteiger partial charge in [0.2, 0.25) is 5.91 Å². The Morgan fingerprint density at radius 3 is 2.71 bits per heavy atom.